The molecule has 2 fully saturated rings. The van der Waals surface area contributed by atoms with Crippen LogP contribution in [0.5, 0.6) is 0 Å². The Kier molecular flexibility index (Phi) is 5.59. The first-order valence-electron chi connectivity index (χ1n) is 9.60. The number of nitrogens with one attached hydrogen (secondary N) is 1. The zero-order chi connectivity index (χ0) is 18.6. The Hall–Kier alpha value is -2.12. The molecule has 4 rings (SSSR count). The number of fused-ring (bicyclic) bond motifs is 1. The van der Waals surface area contributed by atoms with Crippen LogP contribution in [0.3, 0.4) is 0 Å². The van der Waals surface area contributed by atoms with Crippen LogP contribution in [0.15, 0.2) is 29.6 Å². The summed E-state index contributed by atoms with van der Waals surface area (Å²) in [7, 11) is 0. The summed E-state index contributed by atoms with van der Waals surface area (Å²) in [4.78, 5) is 28.7. The fourth-order valence-electron chi connectivity index (χ4n) is 3.73. The molecule has 1 aromatic carbocycles. The third kappa shape index (κ3) is 4.25. The molecule has 1 N–H and O–H groups in total. The van der Waals surface area contributed by atoms with E-state index < -0.39 is 0 Å². The van der Waals surface area contributed by atoms with Gasteiger partial charge >= 0.3 is 6.03 Å². The highest BCUT2D eigenvalue weighted by Crippen LogP contribution is 2.21. The van der Waals surface area contributed by atoms with Gasteiger partial charge in [0.05, 0.1) is 0 Å². The van der Waals surface area contributed by atoms with Gasteiger partial charge in [0.1, 0.15) is 6.10 Å². The number of nitrogens with zero attached hydrogens (tertiary/aromatic N) is 2. The van der Waals surface area contributed by atoms with E-state index in [1.54, 1.807) is 11.3 Å². The highest BCUT2D eigenvalue weighted by Gasteiger charge is 2.30. The quantitative estimate of drug-likeness (QED) is 0.881. The molecule has 1 atom stereocenters. The van der Waals surface area contributed by atoms with E-state index in [4.69, 9.17) is 4.74 Å². The number of amides is 3. The van der Waals surface area contributed by atoms with Crippen molar-refractivity contribution in [3.8, 4) is 0 Å². The van der Waals surface area contributed by atoms with Gasteiger partial charge in [-0.2, -0.15) is 0 Å². The molecule has 2 saturated heterocycles. The molecule has 2 aliphatic rings. The van der Waals surface area contributed by atoms with E-state index in [1.807, 2.05) is 9.80 Å². The van der Waals surface area contributed by atoms with Crippen molar-refractivity contribution in [2.45, 2.75) is 31.9 Å². The van der Waals surface area contributed by atoms with Crippen LogP contribution in [0.25, 0.3) is 10.1 Å². The Morgan fingerprint density at radius 1 is 1.11 bits per heavy atom. The first kappa shape index (κ1) is 18.3. The van der Waals surface area contributed by atoms with Crippen molar-refractivity contribution >= 4 is 33.4 Å². The van der Waals surface area contributed by atoms with Crippen molar-refractivity contribution < 1.29 is 14.3 Å². The largest absolute Gasteiger partial charge is 0.368 e. The molecule has 144 valence electrons. The highest BCUT2D eigenvalue weighted by atomic mass is 32.1. The van der Waals surface area contributed by atoms with Crippen molar-refractivity contribution in [3.63, 3.8) is 0 Å². The highest BCUT2D eigenvalue weighted by molar-refractivity contribution is 7.17. The molecular weight excluding hydrogens is 362 g/mol. The van der Waals surface area contributed by atoms with Gasteiger partial charge in [0.25, 0.3) is 5.91 Å². The maximum Gasteiger partial charge on any atom is 0.317 e. The van der Waals surface area contributed by atoms with Crippen LogP contribution >= 0.6 is 11.3 Å². The molecule has 1 aromatic heterocycles. The average Bonchev–Trinajstić information content (AvgIpc) is 3.32. The number of carbonyl (C=O) groups excluding carboxylic acids is 2. The van der Waals surface area contributed by atoms with E-state index in [9.17, 15) is 9.59 Å². The van der Waals surface area contributed by atoms with Crippen molar-refractivity contribution in [3.05, 3.63) is 35.2 Å². The minimum atomic E-state index is -0.280. The zero-order valence-electron chi connectivity index (χ0n) is 15.4. The second-order valence-corrected chi connectivity index (χ2v) is 8.07. The Labute approximate surface area is 163 Å². The molecule has 0 bridgehead atoms. The zero-order valence-corrected chi connectivity index (χ0v) is 16.2. The third-order valence-corrected chi connectivity index (χ3v) is 6.16. The average molecular weight is 388 g/mol. The van der Waals surface area contributed by atoms with Gasteiger partial charge in [0, 0.05) is 44.0 Å². The summed E-state index contributed by atoms with van der Waals surface area (Å²) in [6, 6.07) is 8.31. The van der Waals surface area contributed by atoms with Gasteiger partial charge in [-0.25, -0.2) is 4.79 Å². The van der Waals surface area contributed by atoms with Gasteiger partial charge in [-0.15, -0.1) is 11.3 Å². The van der Waals surface area contributed by atoms with Crippen LogP contribution in [0.4, 0.5) is 4.79 Å². The molecular formula is C20H25N3O3S. The van der Waals surface area contributed by atoms with Crippen molar-refractivity contribution in [2.75, 3.05) is 32.8 Å². The smallest absolute Gasteiger partial charge is 0.317 e. The summed E-state index contributed by atoms with van der Waals surface area (Å²) in [6.45, 7) is 3.69. The second-order valence-electron chi connectivity index (χ2n) is 7.12. The van der Waals surface area contributed by atoms with Crippen LogP contribution in [0.1, 0.15) is 24.8 Å². The molecule has 7 heteroatoms. The first-order valence-corrected chi connectivity index (χ1v) is 10.5. The van der Waals surface area contributed by atoms with Gasteiger partial charge < -0.3 is 19.9 Å². The van der Waals surface area contributed by atoms with Gasteiger partial charge in [-0.3, -0.25) is 4.79 Å². The molecule has 6 nitrogen and oxygen atoms in total. The summed E-state index contributed by atoms with van der Waals surface area (Å²) in [6.07, 6.45) is 2.29. The molecule has 0 aliphatic carbocycles. The Bertz CT molecular complexity index is 816. The number of benzene rings is 1. The normalized spacial score (nSPS) is 20.7. The Morgan fingerprint density at radius 3 is 2.81 bits per heavy atom. The second kappa shape index (κ2) is 8.27. The molecule has 0 spiro atoms. The molecule has 0 saturated carbocycles. The van der Waals surface area contributed by atoms with Crippen LogP contribution in [-0.4, -0.2) is 60.6 Å². The predicted octanol–water partition coefficient (Wildman–Crippen LogP) is 2.82. The number of hydrogen-bond donors (Lipinski definition) is 1. The Morgan fingerprint density at radius 2 is 1.96 bits per heavy atom. The minimum Gasteiger partial charge on any atom is -0.368 e. The number of rotatable bonds is 3. The maximum absolute atomic E-state index is 12.6. The van der Waals surface area contributed by atoms with E-state index in [-0.39, 0.29) is 18.0 Å². The molecule has 0 radical (unpaired) electrons. The minimum absolute atomic E-state index is 0.0631. The van der Waals surface area contributed by atoms with E-state index in [0.29, 0.717) is 39.3 Å². The summed E-state index contributed by atoms with van der Waals surface area (Å²) < 4.78 is 6.77. The SMILES string of the molecule is O=C(NCc1ccc2sccc2c1)N1CCCN(C(=O)[C@@H]2CCCO2)CC1. The van der Waals surface area contributed by atoms with Crippen LogP contribution in [0.2, 0.25) is 0 Å². The number of urea groups is 1. The fourth-order valence-corrected chi connectivity index (χ4v) is 4.50. The van der Waals surface area contributed by atoms with E-state index in [1.165, 1.54) is 10.1 Å². The van der Waals surface area contributed by atoms with Gasteiger partial charge in [0.15, 0.2) is 0 Å². The lowest BCUT2D eigenvalue weighted by atomic mass is 10.2. The van der Waals surface area contributed by atoms with Crippen LogP contribution in [0, 0.1) is 0 Å². The third-order valence-electron chi connectivity index (χ3n) is 5.26. The maximum atomic E-state index is 12.6. The lowest BCUT2D eigenvalue weighted by Gasteiger charge is -2.24. The topological polar surface area (TPSA) is 61.9 Å². The summed E-state index contributed by atoms with van der Waals surface area (Å²) >= 11 is 1.72. The molecule has 3 heterocycles. The predicted molar refractivity (Wildman–Crippen MR) is 106 cm³/mol. The van der Waals surface area contributed by atoms with Crippen LogP contribution < -0.4 is 5.32 Å². The summed E-state index contributed by atoms with van der Waals surface area (Å²) in [5.74, 6) is 0.0822. The van der Waals surface area contributed by atoms with Crippen molar-refractivity contribution in [1.82, 2.24) is 15.1 Å². The van der Waals surface area contributed by atoms with Gasteiger partial charge in [-0.05, 0) is 53.8 Å². The molecule has 0 unspecified atom stereocenters. The molecule has 2 aliphatic heterocycles. The number of thiophene rings is 1. The first-order chi connectivity index (χ1) is 13.2. The van der Waals surface area contributed by atoms with Crippen LogP contribution in [-0.2, 0) is 16.1 Å². The molecule has 3 amide bonds. The lowest BCUT2D eigenvalue weighted by molar-refractivity contribution is -0.140. The molecule has 27 heavy (non-hydrogen) atoms. The van der Waals surface area contributed by atoms with Gasteiger partial charge in [0.2, 0.25) is 0 Å². The fraction of sp³-hybridized carbons (Fsp3) is 0.500. The lowest BCUT2D eigenvalue weighted by Crippen LogP contribution is -2.44. The number of carbonyl (C=O) groups is 2. The number of hydrogen-bond acceptors (Lipinski definition) is 4. The van der Waals surface area contributed by atoms with E-state index in [2.05, 4.69) is 35.0 Å². The van der Waals surface area contributed by atoms with Crippen molar-refractivity contribution in [1.29, 1.82) is 0 Å². The monoisotopic (exact) mass is 387 g/mol. The summed E-state index contributed by atoms with van der Waals surface area (Å²) in [5, 5.41) is 6.30. The molecule has 2 aromatic rings. The summed E-state index contributed by atoms with van der Waals surface area (Å²) in [5.41, 5.74) is 1.10. The Balaban J connectivity index is 1.29. The van der Waals surface area contributed by atoms with E-state index >= 15 is 0 Å². The van der Waals surface area contributed by atoms with Crippen molar-refractivity contribution in [2.24, 2.45) is 0 Å². The van der Waals surface area contributed by atoms with Gasteiger partial charge in [-0.1, -0.05) is 6.07 Å². The van der Waals surface area contributed by atoms with E-state index in [0.717, 1.165) is 24.8 Å². The standard InChI is InChI=1S/C20H25N3O3S/c24-19(17-3-1-11-26-17)22-7-2-8-23(10-9-22)20(25)21-14-15-4-5-18-16(13-15)6-12-27-18/h4-6,12-13,17H,1-3,7-11,14H2,(H,21,25)/t17-/m0/s1. The number of ether oxygens (including phenoxy) is 1.